The summed E-state index contributed by atoms with van der Waals surface area (Å²) in [6.07, 6.45) is -0.753. The van der Waals surface area contributed by atoms with Crippen molar-refractivity contribution in [2.75, 3.05) is 5.32 Å². The van der Waals surface area contributed by atoms with Crippen LogP contribution in [0.2, 0.25) is 0 Å². The number of aliphatic carboxylic acids is 1. The number of hydrogen-bond acceptors (Lipinski definition) is 4. The van der Waals surface area contributed by atoms with Crippen molar-refractivity contribution in [3.8, 4) is 0 Å². The van der Waals surface area contributed by atoms with Crippen LogP contribution in [0.15, 0.2) is 29.2 Å². The first-order valence-electron chi connectivity index (χ1n) is 4.87. The molecule has 0 heterocycles. The number of sulfone groups is 1. The second-order valence-corrected chi connectivity index (χ2v) is 5.37. The Kier molecular flexibility index (Phi) is 4.54. The highest BCUT2D eigenvalue weighted by Crippen LogP contribution is 2.20. The molecule has 0 aliphatic rings. The molecule has 0 saturated carbocycles. The molecule has 0 saturated heterocycles. The van der Waals surface area contributed by atoms with Gasteiger partial charge in [-0.3, -0.25) is 9.59 Å². The Morgan fingerprint density at radius 1 is 1.21 bits per heavy atom. The van der Waals surface area contributed by atoms with Gasteiger partial charge in [-0.2, -0.15) is 8.78 Å². The van der Waals surface area contributed by atoms with Gasteiger partial charge >= 0.3 is 11.7 Å². The summed E-state index contributed by atoms with van der Waals surface area (Å²) < 4.78 is 46.7. The molecule has 0 fully saturated rings. The third-order valence-electron chi connectivity index (χ3n) is 2.01. The van der Waals surface area contributed by atoms with Gasteiger partial charge in [0.15, 0.2) is 0 Å². The molecule has 1 aromatic carbocycles. The zero-order valence-corrected chi connectivity index (χ0v) is 10.2. The summed E-state index contributed by atoms with van der Waals surface area (Å²) in [6, 6.07) is 3.99. The molecule has 0 aromatic heterocycles. The van der Waals surface area contributed by atoms with Gasteiger partial charge in [0.1, 0.15) is 6.42 Å². The van der Waals surface area contributed by atoms with Crippen LogP contribution in [0.5, 0.6) is 0 Å². The third-order valence-corrected chi connectivity index (χ3v) is 3.41. The van der Waals surface area contributed by atoms with Crippen LogP contribution in [0, 0.1) is 0 Å². The van der Waals surface area contributed by atoms with Crippen LogP contribution in [0.4, 0.5) is 14.5 Å². The first kappa shape index (κ1) is 15.0. The summed E-state index contributed by atoms with van der Waals surface area (Å²) in [6.45, 7) is 0. The number of rotatable bonds is 5. The molecule has 0 unspecified atom stereocenters. The highest BCUT2D eigenvalue weighted by atomic mass is 32.2. The van der Waals surface area contributed by atoms with Gasteiger partial charge in [-0.05, 0) is 24.3 Å². The van der Waals surface area contributed by atoms with Gasteiger partial charge in [-0.1, -0.05) is 0 Å². The topological polar surface area (TPSA) is 101 Å². The lowest BCUT2D eigenvalue weighted by Gasteiger charge is -2.06. The maximum absolute atomic E-state index is 12.2. The van der Waals surface area contributed by atoms with Gasteiger partial charge in [0.25, 0.3) is 0 Å². The van der Waals surface area contributed by atoms with Crippen molar-refractivity contribution in [1.29, 1.82) is 0 Å². The van der Waals surface area contributed by atoms with E-state index in [0.717, 1.165) is 24.3 Å². The van der Waals surface area contributed by atoms with Gasteiger partial charge in [0.2, 0.25) is 15.7 Å². The molecule has 0 radical (unpaired) electrons. The molecule has 1 rings (SSSR count). The summed E-state index contributed by atoms with van der Waals surface area (Å²) in [7, 11) is -4.68. The minimum absolute atomic E-state index is 0.111. The average Bonchev–Trinajstić information content (AvgIpc) is 2.28. The van der Waals surface area contributed by atoms with Crippen molar-refractivity contribution < 1.29 is 31.9 Å². The molecule has 1 aromatic rings. The van der Waals surface area contributed by atoms with Crippen molar-refractivity contribution in [1.82, 2.24) is 0 Å². The maximum Gasteiger partial charge on any atom is 0.341 e. The quantitative estimate of drug-likeness (QED) is 0.792. The van der Waals surface area contributed by atoms with E-state index in [2.05, 4.69) is 5.32 Å². The molecule has 6 nitrogen and oxygen atoms in total. The highest BCUT2D eigenvalue weighted by molar-refractivity contribution is 7.91. The molecule has 0 aliphatic carbocycles. The van der Waals surface area contributed by atoms with Gasteiger partial charge in [-0.25, -0.2) is 8.42 Å². The molecule has 9 heteroatoms. The van der Waals surface area contributed by atoms with Crippen molar-refractivity contribution in [3.63, 3.8) is 0 Å². The molecule has 19 heavy (non-hydrogen) atoms. The standard InChI is InChI=1S/C10H9F2NO5S/c11-10(12)19(17,18)7-3-1-6(2-4-7)13-8(14)5-9(15)16/h1-4,10H,5H2,(H,13,14)(H,15,16). The zero-order chi connectivity index (χ0) is 14.6. The largest absolute Gasteiger partial charge is 0.481 e. The van der Waals surface area contributed by atoms with Crippen molar-refractivity contribution in [3.05, 3.63) is 24.3 Å². The molecular formula is C10H9F2NO5S. The molecule has 0 spiro atoms. The maximum atomic E-state index is 12.2. The fourth-order valence-electron chi connectivity index (χ4n) is 1.17. The molecular weight excluding hydrogens is 284 g/mol. The molecule has 0 atom stereocenters. The van der Waals surface area contributed by atoms with E-state index >= 15 is 0 Å². The minimum Gasteiger partial charge on any atom is -0.481 e. The zero-order valence-electron chi connectivity index (χ0n) is 9.34. The number of carboxylic acid groups (broad SMARTS) is 1. The number of anilines is 1. The lowest BCUT2D eigenvalue weighted by atomic mass is 10.3. The number of hydrogen-bond donors (Lipinski definition) is 2. The summed E-state index contributed by atoms with van der Waals surface area (Å²) in [5.74, 6) is -5.66. The Morgan fingerprint density at radius 3 is 2.16 bits per heavy atom. The lowest BCUT2D eigenvalue weighted by molar-refractivity contribution is -0.139. The summed E-state index contributed by atoms with van der Waals surface area (Å²) in [4.78, 5) is 20.7. The predicted octanol–water partition coefficient (Wildman–Crippen LogP) is 1.10. The molecule has 0 aliphatic heterocycles. The number of carbonyl (C=O) groups excluding carboxylic acids is 1. The highest BCUT2D eigenvalue weighted by Gasteiger charge is 2.26. The van der Waals surface area contributed by atoms with E-state index < -0.39 is 38.8 Å². The number of halogens is 2. The number of benzene rings is 1. The SMILES string of the molecule is O=C(O)CC(=O)Nc1ccc(S(=O)(=O)C(F)F)cc1. The van der Waals surface area contributed by atoms with Gasteiger partial charge in [-0.15, -0.1) is 0 Å². The van der Waals surface area contributed by atoms with E-state index in [-0.39, 0.29) is 5.69 Å². The summed E-state index contributed by atoms with van der Waals surface area (Å²) in [5, 5.41) is 10.5. The molecule has 2 N–H and O–H groups in total. The number of carbonyl (C=O) groups is 2. The normalized spacial score (nSPS) is 11.3. The van der Waals surface area contributed by atoms with Crippen LogP contribution in [-0.2, 0) is 19.4 Å². The Bertz CT molecular complexity index is 582. The van der Waals surface area contributed by atoms with Gasteiger partial charge < -0.3 is 10.4 Å². The van der Waals surface area contributed by atoms with Gasteiger partial charge in [0.05, 0.1) is 4.90 Å². The lowest BCUT2D eigenvalue weighted by Crippen LogP contribution is -2.16. The molecule has 1 amide bonds. The smallest absolute Gasteiger partial charge is 0.341 e. The van der Waals surface area contributed by atoms with E-state index in [9.17, 15) is 26.8 Å². The molecule has 104 valence electrons. The fraction of sp³-hybridized carbons (Fsp3) is 0.200. The average molecular weight is 293 g/mol. The summed E-state index contributed by atoms with van der Waals surface area (Å²) >= 11 is 0. The predicted molar refractivity (Wildman–Crippen MR) is 60.5 cm³/mol. The van der Waals surface area contributed by atoms with Crippen molar-refractivity contribution >= 4 is 27.4 Å². The van der Waals surface area contributed by atoms with Crippen LogP contribution in [0.3, 0.4) is 0 Å². The van der Waals surface area contributed by atoms with Crippen LogP contribution in [0.25, 0.3) is 0 Å². The minimum atomic E-state index is -4.68. The molecule has 0 bridgehead atoms. The van der Waals surface area contributed by atoms with E-state index in [1.54, 1.807) is 0 Å². The monoisotopic (exact) mass is 293 g/mol. The fourth-order valence-corrected chi connectivity index (χ4v) is 1.89. The Morgan fingerprint density at radius 2 is 1.74 bits per heavy atom. The summed E-state index contributed by atoms with van der Waals surface area (Å²) in [5.41, 5.74) is 0.111. The van der Waals surface area contributed by atoms with E-state index in [1.165, 1.54) is 0 Å². The Balaban J connectivity index is 2.83. The second-order valence-electron chi connectivity index (χ2n) is 3.45. The van der Waals surface area contributed by atoms with Crippen LogP contribution >= 0.6 is 0 Å². The van der Waals surface area contributed by atoms with Crippen LogP contribution < -0.4 is 5.32 Å². The number of carboxylic acids is 1. The van der Waals surface area contributed by atoms with Gasteiger partial charge in [0, 0.05) is 5.69 Å². The number of alkyl halides is 2. The van der Waals surface area contributed by atoms with Crippen molar-refractivity contribution in [2.24, 2.45) is 0 Å². The third kappa shape index (κ3) is 3.98. The Hall–Kier alpha value is -2.03. The number of nitrogens with one attached hydrogen (secondary N) is 1. The van der Waals surface area contributed by atoms with Crippen molar-refractivity contribution in [2.45, 2.75) is 17.1 Å². The van der Waals surface area contributed by atoms with Crippen LogP contribution in [-0.4, -0.2) is 31.2 Å². The first-order chi connectivity index (χ1) is 8.73. The van der Waals surface area contributed by atoms with E-state index in [4.69, 9.17) is 5.11 Å². The second kappa shape index (κ2) is 5.74. The van der Waals surface area contributed by atoms with Crippen LogP contribution in [0.1, 0.15) is 6.42 Å². The van der Waals surface area contributed by atoms with E-state index in [0.29, 0.717) is 0 Å². The van der Waals surface area contributed by atoms with E-state index in [1.807, 2.05) is 0 Å². The first-order valence-corrected chi connectivity index (χ1v) is 6.42. The Labute approximate surface area is 107 Å². The number of amides is 1.